The highest BCUT2D eigenvalue weighted by atomic mass is 16.7. The van der Waals surface area contributed by atoms with E-state index in [9.17, 15) is 55.9 Å². The number of hydrogen-bond donors (Lipinski definition) is 10. The van der Waals surface area contributed by atoms with Gasteiger partial charge in [0.15, 0.2) is 18.9 Å². The number of aliphatic hydroxyl groups excluding tert-OH is 10. The van der Waals surface area contributed by atoms with Crippen molar-refractivity contribution in [3.63, 3.8) is 0 Å². The number of carbonyl (C=O) groups is 1. The fourth-order valence-electron chi connectivity index (χ4n) is 12.9. The summed E-state index contributed by atoms with van der Waals surface area (Å²) in [6.45, 7) is 12.9. The van der Waals surface area contributed by atoms with E-state index in [1.165, 1.54) is 6.92 Å². The van der Waals surface area contributed by atoms with Gasteiger partial charge in [-0.3, -0.25) is 4.79 Å². The first-order valence-electron chi connectivity index (χ1n) is 23.0. The van der Waals surface area contributed by atoms with E-state index in [1.54, 1.807) is 6.92 Å². The summed E-state index contributed by atoms with van der Waals surface area (Å²) in [5.74, 6) is -0.252. The van der Waals surface area contributed by atoms with E-state index in [-0.39, 0.29) is 35.9 Å². The summed E-state index contributed by atoms with van der Waals surface area (Å²) in [5, 5.41) is 108. The second-order valence-electron chi connectivity index (χ2n) is 20.7. The second kappa shape index (κ2) is 18.8. The van der Waals surface area contributed by atoms with E-state index in [0.29, 0.717) is 31.6 Å². The zero-order valence-electron chi connectivity index (χ0n) is 37.1. The molecule has 0 aromatic heterocycles. The summed E-state index contributed by atoms with van der Waals surface area (Å²) in [6, 6.07) is 0. The Hall–Kier alpha value is -1.23. The van der Waals surface area contributed by atoms with Gasteiger partial charge in [-0.05, 0) is 81.5 Å². The molecule has 10 N–H and O–H groups in total. The molecule has 0 spiro atoms. The molecule has 0 unspecified atom stereocenters. The van der Waals surface area contributed by atoms with Crippen LogP contribution in [-0.4, -0.2) is 174 Å². The Labute approximate surface area is 364 Å². The first kappa shape index (κ1) is 48.7. The van der Waals surface area contributed by atoms with E-state index in [0.717, 1.165) is 24.8 Å². The van der Waals surface area contributed by atoms with Gasteiger partial charge in [0.05, 0.1) is 37.1 Å². The van der Waals surface area contributed by atoms with E-state index in [2.05, 4.69) is 33.8 Å². The molecule has 17 nitrogen and oxygen atoms in total. The van der Waals surface area contributed by atoms with Crippen molar-refractivity contribution in [3.8, 4) is 0 Å². The molecule has 3 aliphatic heterocycles. The molecular weight excluding hydrogens is 812 g/mol. The summed E-state index contributed by atoms with van der Waals surface area (Å²) >= 11 is 0. The summed E-state index contributed by atoms with van der Waals surface area (Å²) in [6.07, 6.45) is -16.4. The molecule has 0 aromatic carbocycles. The lowest BCUT2D eigenvalue weighted by atomic mass is 9.46. The molecule has 356 valence electrons. The Kier molecular flexibility index (Phi) is 14.8. The molecule has 0 amide bonds. The van der Waals surface area contributed by atoms with Crippen molar-refractivity contribution in [3.05, 3.63) is 11.6 Å². The van der Waals surface area contributed by atoms with Crippen LogP contribution in [0.1, 0.15) is 99.8 Å². The maximum atomic E-state index is 14.1. The van der Waals surface area contributed by atoms with Gasteiger partial charge in [-0.2, -0.15) is 0 Å². The normalized spacial score (nSPS) is 52.5. The molecule has 25 atom stereocenters. The number of Topliss-reactive ketones (excluding diaryl/α,β-unsaturated/α-hetero) is 1. The zero-order chi connectivity index (χ0) is 45.3. The van der Waals surface area contributed by atoms with Crippen molar-refractivity contribution < 1.29 is 84.3 Å². The number of ether oxygens (including phenoxy) is 6. The lowest BCUT2D eigenvalue weighted by Crippen LogP contribution is -2.64. The number of ketones is 1. The predicted octanol–water partition coefficient (Wildman–Crippen LogP) is 0.0371. The summed E-state index contributed by atoms with van der Waals surface area (Å²) in [4.78, 5) is 14.1. The minimum Gasteiger partial charge on any atom is -0.394 e. The van der Waals surface area contributed by atoms with Gasteiger partial charge in [0.1, 0.15) is 66.8 Å². The number of aliphatic hydroxyl groups is 10. The molecular formula is C45H74O17. The van der Waals surface area contributed by atoms with Gasteiger partial charge in [-0.25, -0.2) is 0 Å². The molecule has 4 aliphatic carbocycles. The third-order valence-electron chi connectivity index (χ3n) is 16.6. The fraction of sp³-hybridized carbons (Fsp3) is 0.933. The Morgan fingerprint density at radius 1 is 0.758 bits per heavy atom. The monoisotopic (exact) mass is 886 g/mol. The van der Waals surface area contributed by atoms with Crippen LogP contribution in [0.3, 0.4) is 0 Å². The standard InChI is InChI=1S/C45H74O17/c1-18(2)8-11-27(48)19(3)31-28(59-43-39(56)40(34(51)29(17-46)60-43)62-42-38(55)36(53)33(50)21(5)58-42)16-26-24-10-9-22-14-23(47)15-30(45(22,7)25(24)12-13-44(26,31)6)61-41-37(54)35(52)32(49)20(4)57-41/h9,18-21,23-26,28-43,46-47,49-56H,8,10-17H2,1-7H3/t19-,20+,21+,23-,24-,25+,26+,28+,29-,30-,31+,32+,33+,34-,35-,36-,37-,38-,39-,40+,41+,42+,43-,44+,45+/m1/s1. The maximum Gasteiger partial charge on any atom is 0.187 e. The Bertz CT molecular complexity index is 1580. The van der Waals surface area contributed by atoms with Crippen LogP contribution < -0.4 is 0 Å². The number of hydrogen-bond acceptors (Lipinski definition) is 17. The average Bonchev–Trinajstić information content (AvgIpc) is 3.53. The largest absolute Gasteiger partial charge is 0.394 e. The molecule has 3 saturated heterocycles. The molecule has 0 bridgehead atoms. The van der Waals surface area contributed by atoms with Gasteiger partial charge in [0, 0.05) is 30.1 Å². The van der Waals surface area contributed by atoms with Gasteiger partial charge < -0.3 is 79.5 Å². The van der Waals surface area contributed by atoms with Crippen LogP contribution in [0.25, 0.3) is 0 Å². The highest BCUT2D eigenvalue weighted by molar-refractivity contribution is 5.81. The SMILES string of the molecule is CC(C)CCC(=O)[C@@H](C)[C@H]1[C@@H](O[C@@H]2O[C@H](CO)[C@@H](O)[C@H](O[C@@H]3O[C@@H](C)[C@H](O)[C@@H](O)[C@H]3O)[C@H]2O)C[C@H]2[C@@H]3CC=C4C[C@@H](O)C[C@@H](O[C@@H]5O[C@@H](C)[C@H](O)[C@@H](O)[C@H]5O)[C@]4(C)[C@H]3CC[C@]12C. The van der Waals surface area contributed by atoms with Crippen LogP contribution in [0.4, 0.5) is 0 Å². The van der Waals surface area contributed by atoms with Gasteiger partial charge in [0.25, 0.3) is 0 Å². The Morgan fingerprint density at radius 2 is 1.35 bits per heavy atom. The molecule has 62 heavy (non-hydrogen) atoms. The topological polar surface area (TPSA) is 275 Å². The molecule has 0 radical (unpaired) electrons. The third kappa shape index (κ3) is 8.63. The minimum absolute atomic E-state index is 0.000524. The predicted molar refractivity (Wildman–Crippen MR) is 217 cm³/mol. The first-order chi connectivity index (χ1) is 29.1. The average molecular weight is 887 g/mol. The maximum absolute atomic E-state index is 14.1. The van der Waals surface area contributed by atoms with E-state index >= 15 is 0 Å². The molecule has 6 fully saturated rings. The van der Waals surface area contributed by atoms with Gasteiger partial charge in [-0.1, -0.05) is 46.3 Å². The second-order valence-corrected chi connectivity index (χ2v) is 20.7. The summed E-state index contributed by atoms with van der Waals surface area (Å²) < 4.78 is 36.9. The van der Waals surface area contributed by atoms with Crippen LogP contribution in [-0.2, 0) is 33.2 Å². The van der Waals surface area contributed by atoms with Crippen molar-refractivity contribution in [2.75, 3.05) is 6.61 Å². The number of fused-ring (bicyclic) bond motifs is 5. The van der Waals surface area contributed by atoms with Crippen LogP contribution in [0.5, 0.6) is 0 Å². The fourth-order valence-corrected chi connectivity index (χ4v) is 12.9. The van der Waals surface area contributed by atoms with Crippen molar-refractivity contribution >= 4 is 5.78 Å². The van der Waals surface area contributed by atoms with Crippen molar-refractivity contribution in [1.29, 1.82) is 0 Å². The third-order valence-corrected chi connectivity index (χ3v) is 16.6. The molecule has 7 rings (SSSR count). The van der Waals surface area contributed by atoms with Crippen molar-refractivity contribution in [1.82, 2.24) is 0 Å². The Morgan fingerprint density at radius 3 is 1.95 bits per heavy atom. The smallest absolute Gasteiger partial charge is 0.187 e. The molecule has 3 saturated carbocycles. The van der Waals surface area contributed by atoms with E-state index in [1.807, 2.05) is 6.92 Å². The van der Waals surface area contributed by atoms with Crippen LogP contribution in [0.2, 0.25) is 0 Å². The number of carbonyl (C=O) groups excluding carboxylic acids is 1. The lowest BCUT2D eigenvalue weighted by Gasteiger charge is -2.60. The van der Waals surface area contributed by atoms with Crippen molar-refractivity contribution in [2.24, 2.45) is 46.3 Å². The molecule has 0 aromatic rings. The number of rotatable bonds is 12. The van der Waals surface area contributed by atoms with Crippen molar-refractivity contribution in [2.45, 2.75) is 210 Å². The van der Waals surface area contributed by atoms with E-state index in [4.69, 9.17) is 28.4 Å². The van der Waals surface area contributed by atoms with Gasteiger partial charge in [-0.15, -0.1) is 0 Å². The van der Waals surface area contributed by atoms with Crippen LogP contribution in [0, 0.1) is 46.3 Å². The summed E-state index contributed by atoms with van der Waals surface area (Å²) in [7, 11) is 0. The van der Waals surface area contributed by atoms with Gasteiger partial charge in [0.2, 0.25) is 0 Å². The van der Waals surface area contributed by atoms with Gasteiger partial charge >= 0.3 is 0 Å². The van der Waals surface area contributed by atoms with E-state index < -0.39 is 134 Å². The minimum atomic E-state index is -1.73. The lowest BCUT2D eigenvalue weighted by molar-refractivity contribution is -0.362. The molecule has 17 heteroatoms. The highest BCUT2D eigenvalue weighted by Crippen LogP contribution is 2.68. The number of allylic oxidation sites excluding steroid dienone is 1. The zero-order valence-corrected chi connectivity index (χ0v) is 37.1. The van der Waals surface area contributed by atoms with Crippen LogP contribution >= 0.6 is 0 Å². The first-order valence-corrected chi connectivity index (χ1v) is 23.0. The Balaban J connectivity index is 1.18. The molecule has 3 heterocycles. The molecule has 7 aliphatic rings. The van der Waals surface area contributed by atoms with Crippen LogP contribution in [0.15, 0.2) is 11.6 Å². The summed E-state index contributed by atoms with van der Waals surface area (Å²) in [5.41, 5.74) is 0.0302. The quantitative estimate of drug-likeness (QED) is 0.116. The highest BCUT2D eigenvalue weighted by Gasteiger charge is 2.65.